The van der Waals surface area contributed by atoms with Crippen LogP contribution in [0.5, 0.6) is 0 Å². The largest absolute Gasteiger partial charge is 0.452 e. The van der Waals surface area contributed by atoms with Crippen LogP contribution in [0.15, 0.2) is 42.5 Å². The number of hydrogen-bond donors (Lipinski definition) is 1. The molecule has 0 saturated carbocycles. The summed E-state index contributed by atoms with van der Waals surface area (Å²) in [6, 6.07) is 11.3. The van der Waals surface area contributed by atoms with Crippen molar-refractivity contribution in [2.45, 2.75) is 26.4 Å². The van der Waals surface area contributed by atoms with Crippen LogP contribution in [0.2, 0.25) is 5.02 Å². The van der Waals surface area contributed by atoms with Crippen molar-refractivity contribution >= 4 is 29.2 Å². The highest BCUT2D eigenvalue weighted by Gasteiger charge is 2.19. The average molecular weight is 350 g/mol. The molecule has 1 amide bonds. The summed E-state index contributed by atoms with van der Waals surface area (Å²) in [6.07, 6.45) is -0.891. The van der Waals surface area contributed by atoms with Crippen molar-refractivity contribution in [3.05, 3.63) is 64.4 Å². The summed E-state index contributed by atoms with van der Waals surface area (Å²) in [5, 5.41) is 2.42. The molecule has 2 rings (SSSR count). The lowest BCUT2D eigenvalue weighted by molar-refractivity contribution is -0.152. The van der Waals surface area contributed by atoms with E-state index < -0.39 is 23.8 Å². The molecule has 0 radical (unpaired) electrons. The molecule has 1 atom stereocenters. The number of amides is 1. The number of anilines is 1. The second kappa shape index (κ2) is 7.93. The van der Waals surface area contributed by atoms with Crippen LogP contribution in [-0.4, -0.2) is 18.0 Å². The lowest BCUT2D eigenvalue weighted by atomic mass is 10.1. The maximum atomic E-state index is 13.1. The molecule has 0 saturated heterocycles. The van der Waals surface area contributed by atoms with E-state index >= 15 is 0 Å². The van der Waals surface area contributed by atoms with Crippen LogP contribution in [0.4, 0.5) is 10.1 Å². The fourth-order valence-corrected chi connectivity index (χ4v) is 2.25. The quantitative estimate of drug-likeness (QED) is 0.833. The monoisotopic (exact) mass is 349 g/mol. The zero-order valence-electron chi connectivity index (χ0n) is 13.3. The molecular formula is C18H17ClFNO3. The van der Waals surface area contributed by atoms with Gasteiger partial charge in [-0.25, -0.2) is 4.39 Å². The van der Waals surface area contributed by atoms with Gasteiger partial charge in [-0.05, 0) is 43.2 Å². The van der Waals surface area contributed by atoms with Crippen molar-refractivity contribution < 1.29 is 18.7 Å². The molecule has 0 aromatic heterocycles. The van der Waals surface area contributed by atoms with Crippen LogP contribution >= 0.6 is 11.6 Å². The van der Waals surface area contributed by atoms with E-state index in [1.165, 1.54) is 19.1 Å². The molecule has 126 valence electrons. The van der Waals surface area contributed by atoms with Gasteiger partial charge in [-0.15, -0.1) is 0 Å². The molecule has 24 heavy (non-hydrogen) atoms. The van der Waals surface area contributed by atoms with Crippen molar-refractivity contribution in [1.29, 1.82) is 0 Å². The smallest absolute Gasteiger partial charge is 0.311 e. The van der Waals surface area contributed by atoms with Gasteiger partial charge in [-0.3, -0.25) is 9.59 Å². The number of rotatable bonds is 5. The zero-order valence-corrected chi connectivity index (χ0v) is 14.1. The van der Waals surface area contributed by atoms with Gasteiger partial charge in [0, 0.05) is 5.69 Å². The predicted molar refractivity (Wildman–Crippen MR) is 90.5 cm³/mol. The number of halogens is 2. The van der Waals surface area contributed by atoms with Gasteiger partial charge >= 0.3 is 5.97 Å². The maximum absolute atomic E-state index is 13.1. The highest BCUT2D eigenvalue weighted by atomic mass is 35.5. The summed E-state index contributed by atoms with van der Waals surface area (Å²) in [5.74, 6) is -1.59. The second-order valence-corrected chi connectivity index (χ2v) is 5.76. The highest BCUT2D eigenvalue weighted by Crippen LogP contribution is 2.19. The van der Waals surface area contributed by atoms with Crippen molar-refractivity contribution in [1.82, 2.24) is 0 Å². The fourth-order valence-electron chi connectivity index (χ4n) is 2.07. The van der Waals surface area contributed by atoms with Crippen LogP contribution in [0, 0.1) is 12.7 Å². The molecule has 6 heteroatoms. The number of carbonyl (C=O) groups is 2. The van der Waals surface area contributed by atoms with Crippen molar-refractivity contribution in [3.8, 4) is 0 Å². The Morgan fingerprint density at radius 3 is 2.62 bits per heavy atom. The Morgan fingerprint density at radius 1 is 1.25 bits per heavy atom. The standard InChI is InChI=1S/C18H17ClFNO3/c1-11-5-3-4-6-13(11)9-17(22)24-12(2)18(23)21-14-7-8-16(20)15(19)10-14/h3-8,10,12H,9H2,1-2H3,(H,21,23)/t12-/m1/s1. The maximum Gasteiger partial charge on any atom is 0.311 e. The Morgan fingerprint density at radius 2 is 1.96 bits per heavy atom. The third-order valence-corrected chi connectivity index (χ3v) is 3.75. The molecule has 0 aliphatic heterocycles. The van der Waals surface area contributed by atoms with Gasteiger partial charge in [0.25, 0.3) is 5.91 Å². The lowest BCUT2D eigenvalue weighted by Gasteiger charge is -2.14. The van der Waals surface area contributed by atoms with Gasteiger partial charge in [0.15, 0.2) is 6.10 Å². The van der Waals surface area contributed by atoms with Gasteiger partial charge in [0.05, 0.1) is 11.4 Å². The Balaban J connectivity index is 1.92. The number of carbonyl (C=O) groups excluding carboxylic acids is 2. The summed E-state index contributed by atoms with van der Waals surface area (Å²) in [4.78, 5) is 24.0. The summed E-state index contributed by atoms with van der Waals surface area (Å²) >= 11 is 5.65. The first-order valence-corrected chi connectivity index (χ1v) is 7.74. The van der Waals surface area contributed by atoms with E-state index in [-0.39, 0.29) is 11.4 Å². The third-order valence-electron chi connectivity index (χ3n) is 3.46. The molecule has 0 aliphatic rings. The topological polar surface area (TPSA) is 55.4 Å². The van der Waals surface area contributed by atoms with Gasteiger partial charge in [-0.2, -0.15) is 0 Å². The summed E-state index contributed by atoms with van der Waals surface area (Å²) in [6.45, 7) is 3.37. The van der Waals surface area contributed by atoms with E-state index in [0.29, 0.717) is 5.69 Å². The van der Waals surface area contributed by atoms with Crippen molar-refractivity contribution in [2.24, 2.45) is 0 Å². The van der Waals surface area contributed by atoms with Gasteiger partial charge < -0.3 is 10.1 Å². The molecule has 0 heterocycles. The van der Waals surface area contributed by atoms with Gasteiger partial charge in [-0.1, -0.05) is 35.9 Å². The Labute approximate surface area is 144 Å². The second-order valence-electron chi connectivity index (χ2n) is 5.35. The third kappa shape index (κ3) is 4.80. The summed E-state index contributed by atoms with van der Waals surface area (Å²) in [7, 11) is 0. The molecule has 0 spiro atoms. The molecule has 0 unspecified atom stereocenters. The van der Waals surface area contributed by atoms with E-state index in [1.54, 1.807) is 0 Å². The molecule has 2 aromatic rings. The van der Waals surface area contributed by atoms with E-state index in [1.807, 2.05) is 31.2 Å². The van der Waals surface area contributed by atoms with Crippen molar-refractivity contribution in [2.75, 3.05) is 5.32 Å². The normalized spacial score (nSPS) is 11.7. The minimum atomic E-state index is -0.981. The first-order valence-electron chi connectivity index (χ1n) is 7.36. The summed E-state index contributed by atoms with van der Waals surface area (Å²) < 4.78 is 18.2. The van der Waals surface area contributed by atoms with Gasteiger partial charge in [0.2, 0.25) is 0 Å². The van der Waals surface area contributed by atoms with Crippen LogP contribution in [0.3, 0.4) is 0 Å². The van der Waals surface area contributed by atoms with Crippen LogP contribution in [0.25, 0.3) is 0 Å². The number of nitrogens with one attached hydrogen (secondary N) is 1. The molecule has 0 aliphatic carbocycles. The number of ether oxygens (including phenoxy) is 1. The molecule has 0 fully saturated rings. The van der Waals surface area contributed by atoms with Crippen LogP contribution < -0.4 is 5.32 Å². The Hall–Kier alpha value is -2.40. The number of aryl methyl sites for hydroxylation is 1. The molecule has 4 nitrogen and oxygen atoms in total. The average Bonchev–Trinajstić information content (AvgIpc) is 2.53. The fraction of sp³-hybridized carbons (Fsp3) is 0.222. The van der Waals surface area contributed by atoms with Crippen molar-refractivity contribution in [3.63, 3.8) is 0 Å². The number of hydrogen-bond acceptors (Lipinski definition) is 3. The van der Waals surface area contributed by atoms with Crippen LogP contribution in [-0.2, 0) is 20.7 Å². The molecular weight excluding hydrogens is 333 g/mol. The Kier molecular flexibility index (Phi) is 5.93. The first-order chi connectivity index (χ1) is 11.4. The number of esters is 1. The van der Waals surface area contributed by atoms with E-state index in [0.717, 1.165) is 17.2 Å². The zero-order chi connectivity index (χ0) is 17.7. The minimum absolute atomic E-state index is 0.0900. The van der Waals surface area contributed by atoms with E-state index in [4.69, 9.17) is 16.3 Å². The summed E-state index contributed by atoms with van der Waals surface area (Å²) in [5.41, 5.74) is 2.15. The van der Waals surface area contributed by atoms with Crippen LogP contribution in [0.1, 0.15) is 18.1 Å². The van der Waals surface area contributed by atoms with Gasteiger partial charge in [0.1, 0.15) is 5.82 Å². The highest BCUT2D eigenvalue weighted by molar-refractivity contribution is 6.31. The first kappa shape index (κ1) is 17.9. The minimum Gasteiger partial charge on any atom is -0.452 e. The molecule has 0 bridgehead atoms. The SMILES string of the molecule is Cc1ccccc1CC(=O)O[C@H](C)C(=O)Nc1ccc(F)c(Cl)c1. The molecule has 1 N–H and O–H groups in total. The van der Waals surface area contributed by atoms with E-state index in [9.17, 15) is 14.0 Å². The predicted octanol–water partition coefficient (Wildman–Crippen LogP) is 3.90. The van der Waals surface area contributed by atoms with E-state index in [2.05, 4.69) is 5.32 Å². The lowest BCUT2D eigenvalue weighted by Crippen LogP contribution is -2.30. The molecule has 2 aromatic carbocycles. The number of benzene rings is 2. The Bertz CT molecular complexity index is 764.